The molecular formula is C9H12. The summed E-state index contributed by atoms with van der Waals surface area (Å²) in [6.07, 6.45) is 9.00. The van der Waals surface area contributed by atoms with E-state index in [1.165, 1.54) is 38.5 Å². The summed E-state index contributed by atoms with van der Waals surface area (Å²) in [4.78, 5) is 0. The molecule has 48 valence electrons. The molecule has 0 aromatic rings. The fourth-order valence-corrected chi connectivity index (χ4v) is 3.17. The molecule has 2 fully saturated rings. The summed E-state index contributed by atoms with van der Waals surface area (Å²) in [5, 5.41) is 0. The molecule has 2 bridgehead atoms. The van der Waals surface area contributed by atoms with Gasteiger partial charge in [-0.3, -0.25) is 0 Å². The number of hydrogen-bond acceptors (Lipinski definition) is 0. The van der Waals surface area contributed by atoms with Crippen molar-refractivity contribution in [2.45, 2.75) is 38.5 Å². The van der Waals surface area contributed by atoms with E-state index in [2.05, 4.69) is 0 Å². The maximum atomic E-state index is 1.91. The van der Waals surface area contributed by atoms with E-state index in [1.807, 2.05) is 11.1 Å². The van der Waals surface area contributed by atoms with Crippen molar-refractivity contribution in [3.63, 3.8) is 0 Å². The Hall–Kier alpha value is -0.260. The Morgan fingerprint density at radius 2 is 2.11 bits per heavy atom. The summed E-state index contributed by atoms with van der Waals surface area (Å²) in [5.41, 5.74) is 4.59. The molecule has 4 rings (SSSR count). The van der Waals surface area contributed by atoms with Crippen molar-refractivity contribution >= 4 is 0 Å². The van der Waals surface area contributed by atoms with E-state index < -0.39 is 0 Å². The van der Waals surface area contributed by atoms with Gasteiger partial charge >= 0.3 is 0 Å². The Balaban J connectivity index is 2.18. The largest absolute Gasteiger partial charge is 0.0695 e. The van der Waals surface area contributed by atoms with Crippen molar-refractivity contribution in [2.75, 3.05) is 0 Å². The van der Waals surface area contributed by atoms with E-state index in [1.54, 1.807) is 0 Å². The predicted octanol–water partition coefficient (Wildman–Crippen LogP) is 2.65. The number of rotatable bonds is 0. The molecule has 1 spiro atoms. The van der Waals surface area contributed by atoms with Crippen LogP contribution in [0.2, 0.25) is 0 Å². The third kappa shape index (κ3) is 0.331. The van der Waals surface area contributed by atoms with E-state index >= 15 is 0 Å². The number of allylic oxidation sites excluding steroid dienone is 2. The second-order valence-corrected chi connectivity index (χ2v) is 3.89. The van der Waals surface area contributed by atoms with Gasteiger partial charge < -0.3 is 0 Å². The minimum atomic E-state index is 0.829. The zero-order valence-corrected chi connectivity index (χ0v) is 5.74. The van der Waals surface area contributed by atoms with Gasteiger partial charge in [-0.1, -0.05) is 11.1 Å². The van der Waals surface area contributed by atoms with Gasteiger partial charge in [-0.05, 0) is 43.9 Å². The highest BCUT2D eigenvalue weighted by Gasteiger charge is 2.51. The number of fused-ring (bicyclic) bond motifs is 1. The van der Waals surface area contributed by atoms with Crippen LogP contribution >= 0.6 is 0 Å². The Morgan fingerprint density at radius 1 is 1.11 bits per heavy atom. The second-order valence-electron chi connectivity index (χ2n) is 3.89. The summed E-state index contributed by atoms with van der Waals surface area (Å²) < 4.78 is 0. The van der Waals surface area contributed by atoms with Gasteiger partial charge in [-0.25, -0.2) is 0 Å². The first-order valence-corrected chi connectivity index (χ1v) is 4.12. The van der Waals surface area contributed by atoms with Gasteiger partial charge in [0, 0.05) is 0 Å². The van der Waals surface area contributed by atoms with Crippen molar-refractivity contribution in [3.05, 3.63) is 11.1 Å². The third-order valence-electron chi connectivity index (χ3n) is 3.61. The Kier molecular flexibility index (Phi) is 0.564. The second kappa shape index (κ2) is 1.12. The lowest BCUT2D eigenvalue weighted by atomic mass is 9.72. The Bertz CT molecular complexity index is 200. The Labute approximate surface area is 56.0 Å². The molecule has 0 nitrogen and oxygen atoms in total. The third-order valence-corrected chi connectivity index (χ3v) is 3.61. The van der Waals surface area contributed by atoms with E-state index in [0.717, 1.165) is 5.41 Å². The molecule has 1 atom stereocenters. The first-order chi connectivity index (χ1) is 4.41. The zero-order valence-electron chi connectivity index (χ0n) is 5.74. The molecule has 4 aliphatic carbocycles. The van der Waals surface area contributed by atoms with Crippen LogP contribution in [0.5, 0.6) is 0 Å². The normalized spacial score (nSPS) is 45.3. The first kappa shape index (κ1) is 4.54. The summed E-state index contributed by atoms with van der Waals surface area (Å²) >= 11 is 0. The monoisotopic (exact) mass is 120 g/mol. The maximum Gasteiger partial charge on any atom is -0.00450 e. The number of hydrogen-bond donors (Lipinski definition) is 0. The lowest BCUT2D eigenvalue weighted by molar-refractivity contribution is 0.362. The van der Waals surface area contributed by atoms with Crippen LogP contribution in [-0.4, -0.2) is 0 Å². The molecule has 4 aliphatic rings. The minimum absolute atomic E-state index is 0.829. The Morgan fingerprint density at radius 3 is 2.89 bits per heavy atom. The summed E-state index contributed by atoms with van der Waals surface area (Å²) in [6, 6.07) is 0. The van der Waals surface area contributed by atoms with Crippen molar-refractivity contribution in [1.29, 1.82) is 0 Å². The molecular weight excluding hydrogens is 108 g/mol. The fourth-order valence-electron chi connectivity index (χ4n) is 3.17. The highest BCUT2D eigenvalue weighted by Crippen LogP contribution is 2.66. The van der Waals surface area contributed by atoms with Crippen LogP contribution in [0.25, 0.3) is 0 Å². The molecule has 0 heteroatoms. The highest BCUT2D eigenvalue weighted by molar-refractivity contribution is 5.42. The molecule has 0 aromatic carbocycles. The molecule has 0 N–H and O–H groups in total. The first-order valence-electron chi connectivity index (χ1n) is 4.12. The van der Waals surface area contributed by atoms with Crippen LogP contribution in [-0.2, 0) is 0 Å². The van der Waals surface area contributed by atoms with Gasteiger partial charge in [0.15, 0.2) is 0 Å². The maximum absolute atomic E-state index is 1.91. The fraction of sp³-hybridized carbons (Fsp3) is 0.778. The minimum Gasteiger partial charge on any atom is -0.0695 e. The van der Waals surface area contributed by atoms with Gasteiger partial charge in [-0.2, -0.15) is 0 Å². The quantitative estimate of drug-likeness (QED) is 0.431. The standard InChI is InChI=1S/C9H12/c1-2-8-7-3-5-9(8,4-1)6-7/h1-6H2. The van der Waals surface area contributed by atoms with Crippen molar-refractivity contribution in [3.8, 4) is 0 Å². The molecule has 0 saturated heterocycles. The molecule has 0 aromatic heterocycles. The summed E-state index contributed by atoms with van der Waals surface area (Å²) in [6.45, 7) is 0. The van der Waals surface area contributed by atoms with Crippen LogP contribution in [0.1, 0.15) is 38.5 Å². The van der Waals surface area contributed by atoms with Gasteiger partial charge in [0.1, 0.15) is 0 Å². The van der Waals surface area contributed by atoms with Crippen LogP contribution in [0.15, 0.2) is 11.1 Å². The van der Waals surface area contributed by atoms with Gasteiger partial charge in [-0.15, -0.1) is 0 Å². The van der Waals surface area contributed by atoms with Crippen LogP contribution in [0.4, 0.5) is 0 Å². The van der Waals surface area contributed by atoms with E-state index in [0.29, 0.717) is 0 Å². The van der Waals surface area contributed by atoms with Crippen molar-refractivity contribution in [2.24, 2.45) is 5.41 Å². The smallest absolute Gasteiger partial charge is 0.00450 e. The molecule has 2 saturated carbocycles. The van der Waals surface area contributed by atoms with Gasteiger partial charge in [0.05, 0.1) is 0 Å². The molecule has 0 heterocycles. The summed E-state index contributed by atoms with van der Waals surface area (Å²) in [7, 11) is 0. The highest BCUT2D eigenvalue weighted by atomic mass is 14.6. The average Bonchev–Trinajstić information content (AvgIpc) is 2.37. The van der Waals surface area contributed by atoms with Crippen LogP contribution < -0.4 is 0 Å². The topological polar surface area (TPSA) is 0 Å². The van der Waals surface area contributed by atoms with E-state index in [-0.39, 0.29) is 0 Å². The van der Waals surface area contributed by atoms with Crippen LogP contribution in [0, 0.1) is 5.41 Å². The van der Waals surface area contributed by atoms with E-state index in [9.17, 15) is 0 Å². The lowest BCUT2D eigenvalue weighted by Gasteiger charge is -2.32. The lowest BCUT2D eigenvalue weighted by Crippen LogP contribution is -2.19. The summed E-state index contributed by atoms with van der Waals surface area (Å²) in [5.74, 6) is 0. The van der Waals surface area contributed by atoms with E-state index in [4.69, 9.17) is 0 Å². The molecule has 9 heavy (non-hydrogen) atoms. The molecule has 0 amide bonds. The zero-order chi connectivity index (χ0) is 5.90. The molecule has 0 radical (unpaired) electrons. The van der Waals surface area contributed by atoms with Crippen molar-refractivity contribution < 1.29 is 0 Å². The van der Waals surface area contributed by atoms with Gasteiger partial charge in [0.25, 0.3) is 0 Å². The SMILES string of the molecule is C1CC2=C3CCC2(C1)C3. The van der Waals surface area contributed by atoms with Crippen molar-refractivity contribution in [1.82, 2.24) is 0 Å². The van der Waals surface area contributed by atoms with Crippen LogP contribution in [0.3, 0.4) is 0 Å². The molecule has 1 unspecified atom stereocenters. The predicted molar refractivity (Wildman–Crippen MR) is 37.2 cm³/mol. The van der Waals surface area contributed by atoms with Gasteiger partial charge in [0.2, 0.25) is 0 Å². The average molecular weight is 120 g/mol. The molecule has 0 aliphatic heterocycles.